The molecule has 1 aromatic carbocycles. The van der Waals surface area contributed by atoms with Gasteiger partial charge in [0.1, 0.15) is 17.1 Å². The highest BCUT2D eigenvalue weighted by atomic mass is 19.1. The van der Waals surface area contributed by atoms with Crippen molar-refractivity contribution in [3.8, 4) is 11.1 Å². The number of aromatic nitrogens is 3. The molecular formula is C16H14FN3O3. The topological polar surface area (TPSA) is 92.0 Å². The van der Waals surface area contributed by atoms with E-state index in [2.05, 4.69) is 15.1 Å². The van der Waals surface area contributed by atoms with Crippen LogP contribution in [0.3, 0.4) is 0 Å². The molecule has 0 aliphatic heterocycles. The van der Waals surface area contributed by atoms with Gasteiger partial charge in [-0.2, -0.15) is 0 Å². The van der Waals surface area contributed by atoms with E-state index < -0.39 is 11.8 Å². The molecule has 3 aromatic rings. The van der Waals surface area contributed by atoms with E-state index >= 15 is 0 Å². The average Bonchev–Trinajstić information content (AvgIpc) is 3.17. The molecule has 7 heteroatoms. The molecule has 0 saturated heterocycles. The zero-order valence-corrected chi connectivity index (χ0v) is 12.6. The lowest BCUT2D eigenvalue weighted by Gasteiger charge is -2.06. The highest BCUT2D eigenvalue weighted by molar-refractivity contribution is 6.03. The number of nitrogens with zero attached hydrogens (tertiary/aromatic N) is 2. The summed E-state index contributed by atoms with van der Waals surface area (Å²) < 4.78 is 20.1. The summed E-state index contributed by atoms with van der Waals surface area (Å²) in [4.78, 5) is 18.9. The number of aromatic amines is 1. The summed E-state index contributed by atoms with van der Waals surface area (Å²) in [5.74, 6) is -0.324. The van der Waals surface area contributed by atoms with E-state index in [0.717, 1.165) is 12.8 Å². The molecule has 23 heavy (non-hydrogen) atoms. The Morgan fingerprint density at radius 1 is 1.43 bits per heavy atom. The van der Waals surface area contributed by atoms with Crippen molar-refractivity contribution in [1.82, 2.24) is 15.1 Å². The van der Waals surface area contributed by atoms with Gasteiger partial charge >= 0.3 is 5.97 Å². The minimum atomic E-state index is -1.13. The maximum atomic E-state index is 15.0. The second kappa shape index (κ2) is 4.65. The SMILES string of the molecule is Cc1noc(C)c1-c1cc(C(=O)O)c2[nH]c(C3CC3)nc2c1F. The number of aryl methyl sites for hydroxylation is 2. The van der Waals surface area contributed by atoms with Gasteiger partial charge in [-0.25, -0.2) is 14.2 Å². The van der Waals surface area contributed by atoms with Gasteiger partial charge in [0.15, 0.2) is 5.82 Å². The van der Waals surface area contributed by atoms with Crippen molar-refractivity contribution in [3.05, 3.63) is 34.7 Å². The van der Waals surface area contributed by atoms with Crippen LogP contribution in [0.2, 0.25) is 0 Å². The zero-order valence-electron chi connectivity index (χ0n) is 12.6. The van der Waals surface area contributed by atoms with Gasteiger partial charge in [-0.1, -0.05) is 5.16 Å². The van der Waals surface area contributed by atoms with Gasteiger partial charge in [-0.15, -0.1) is 0 Å². The third-order valence-corrected chi connectivity index (χ3v) is 4.22. The fraction of sp³-hybridized carbons (Fsp3) is 0.312. The quantitative estimate of drug-likeness (QED) is 0.771. The number of H-pyrrole nitrogens is 1. The number of hydrogen-bond donors (Lipinski definition) is 2. The lowest BCUT2D eigenvalue weighted by atomic mass is 9.99. The number of carboxylic acids is 1. The molecule has 0 bridgehead atoms. The molecule has 1 fully saturated rings. The first-order chi connectivity index (χ1) is 11.0. The number of benzene rings is 1. The zero-order chi connectivity index (χ0) is 16.3. The van der Waals surface area contributed by atoms with E-state index in [9.17, 15) is 14.3 Å². The number of halogens is 1. The molecule has 0 radical (unpaired) electrons. The van der Waals surface area contributed by atoms with Crippen molar-refractivity contribution >= 4 is 17.0 Å². The van der Waals surface area contributed by atoms with Crippen LogP contribution in [0, 0.1) is 19.7 Å². The average molecular weight is 315 g/mol. The van der Waals surface area contributed by atoms with Gasteiger partial charge in [0.25, 0.3) is 0 Å². The Kier molecular flexibility index (Phi) is 2.81. The Morgan fingerprint density at radius 3 is 2.74 bits per heavy atom. The molecule has 118 valence electrons. The number of nitrogens with one attached hydrogen (secondary N) is 1. The highest BCUT2D eigenvalue weighted by Gasteiger charge is 2.30. The smallest absolute Gasteiger partial charge is 0.337 e. The van der Waals surface area contributed by atoms with E-state index in [1.807, 2.05) is 0 Å². The summed E-state index contributed by atoms with van der Waals surface area (Å²) in [7, 11) is 0. The Hall–Kier alpha value is -2.70. The summed E-state index contributed by atoms with van der Waals surface area (Å²) in [6, 6.07) is 1.32. The summed E-state index contributed by atoms with van der Waals surface area (Å²) in [6.45, 7) is 3.36. The highest BCUT2D eigenvalue weighted by Crippen LogP contribution is 2.41. The summed E-state index contributed by atoms with van der Waals surface area (Å²) in [5.41, 5.74) is 1.42. The largest absolute Gasteiger partial charge is 0.478 e. The van der Waals surface area contributed by atoms with Crippen molar-refractivity contribution in [2.45, 2.75) is 32.6 Å². The van der Waals surface area contributed by atoms with E-state index in [0.29, 0.717) is 22.8 Å². The van der Waals surface area contributed by atoms with Crippen LogP contribution >= 0.6 is 0 Å². The van der Waals surface area contributed by atoms with Crippen LogP contribution in [0.4, 0.5) is 4.39 Å². The number of fused-ring (bicyclic) bond motifs is 1. The molecule has 0 atom stereocenters. The van der Waals surface area contributed by atoms with Gasteiger partial charge in [0.05, 0.1) is 22.3 Å². The van der Waals surface area contributed by atoms with Crippen molar-refractivity contribution in [2.24, 2.45) is 0 Å². The van der Waals surface area contributed by atoms with E-state index in [1.54, 1.807) is 13.8 Å². The molecule has 1 aliphatic rings. The van der Waals surface area contributed by atoms with Gasteiger partial charge < -0.3 is 14.6 Å². The molecule has 2 aromatic heterocycles. The first-order valence-electron chi connectivity index (χ1n) is 7.36. The summed E-state index contributed by atoms with van der Waals surface area (Å²) >= 11 is 0. The molecule has 1 aliphatic carbocycles. The van der Waals surface area contributed by atoms with E-state index in [1.165, 1.54) is 6.07 Å². The van der Waals surface area contributed by atoms with Gasteiger partial charge in [0.2, 0.25) is 0 Å². The minimum absolute atomic E-state index is 0.00389. The summed E-state index contributed by atoms with van der Waals surface area (Å²) in [6.07, 6.45) is 1.97. The first kappa shape index (κ1) is 13.9. The fourth-order valence-corrected chi connectivity index (χ4v) is 2.92. The molecule has 0 spiro atoms. The molecule has 4 rings (SSSR count). The molecular weight excluding hydrogens is 301 g/mol. The van der Waals surface area contributed by atoms with Crippen molar-refractivity contribution in [3.63, 3.8) is 0 Å². The first-order valence-corrected chi connectivity index (χ1v) is 7.36. The van der Waals surface area contributed by atoms with E-state index in [-0.39, 0.29) is 28.1 Å². The Labute approximate surface area is 130 Å². The second-order valence-corrected chi connectivity index (χ2v) is 5.91. The van der Waals surface area contributed by atoms with Crippen molar-refractivity contribution in [1.29, 1.82) is 0 Å². The van der Waals surface area contributed by atoms with Crippen LogP contribution in [-0.4, -0.2) is 26.2 Å². The van der Waals surface area contributed by atoms with Crippen LogP contribution in [0.15, 0.2) is 10.6 Å². The van der Waals surface area contributed by atoms with Crippen molar-refractivity contribution in [2.75, 3.05) is 0 Å². The molecule has 1 saturated carbocycles. The molecule has 2 heterocycles. The van der Waals surface area contributed by atoms with Gasteiger partial charge in [0, 0.05) is 11.5 Å². The van der Waals surface area contributed by atoms with Crippen molar-refractivity contribution < 1.29 is 18.8 Å². The molecule has 6 nitrogen and oxygen atoms in total. The predicted octanol–water partition coefficient (Wildman–Crippen LogP) is 3.55. The number of aromatic carboxylic acids is 1. The monoisotopic (exact) mass is 315 g/mol. The Balaban J connectivity index is 2.05. The van der Waals surface area contributed by atoms with Crippen LogP contribution in [0.1, 0.15) is 46.4 Å². The summed E-state index contributed by atoms with van der Waals surface area (Å²) in [5, 5.41) is 13.3. The molecule has 0 unspecified atom stereocenters. The lowest BCUT2D eigenvalue weighted by Crippen LogP contribution is -2.01. The molecule has 2 N–H and O–H groups in total. The predicted molar refractivity (Wildman–Crippen MR) is 80.0 cm³/mol. The number of rotatable bonds is 3. The number of carboxylic acid groups (broad SMARTS) is 1. The number of hydrogen-bond acceptors (Lipinski definition) is 4. The van der Waals surface area contributed by atoms with E-state index in [4.69, 9.17) is 4.52 Å². The lowest BCUT2D eigenvalue weighted by molar-refractivity contribution is 0.0699. The maximum absolute atomic E-state index is 15.0. The third-order valence-electron chi connectivity index (χ3n) is 4.22. The third kappa shape index (κ3) is 2.03. The van der Waals surface area contributed by atoms with Gasteiger partial charge in [-0.05, 0) is 32.8 Å². The Morgan fingerprint density at radius 2 is 2.17 bits per heavy atom. The normalized spacial score (nSPS) is 14.6. The van der Waals surface area contributed by atoms with Crippen LogP contribution < -0.4 is 0 Å². The minimum Gasteiger partial charge on any atom is -0.478 e. The van der Waals surface area contributed by atoms with Gasteiger partial charge in [-0.3, -0.25) is 0 Å². The number of imidazole rings is 1. The van der Waals surface area contributed by atoms with Crippen LogP contribution in [0.5, 0.6) is 0 Å². The molecule has 0 amide bonds. The number of carbonyl (C=O) groups is 1. The standard InChI is InChI=1S/C16H14FN3O3/c1-6-11(7(2)23-20-6)9-5-10(16(21)22)13-14(12(9)17)19-15(18-13)8-3-4-8/h5,8H,3-4H2,1-2H3,(H,18,19)(H,21,22). The van der Waals surface area contributed by atoms with Crippen LogP contribution in [-0.2, 0) is 0 Å². The van der Waals surface area contributed by atoms with Crippen LogP contribution in [0.25, 0.3) is 22.2 Å². The second-order valence-electron chi connectivity index (χ2n) is 5.91. The maximum Gasteiger partial charge on any atom is 0.337 e. The fourth-order valence-electron chi connectivity index (χ4n) is 2.92. The Bertz CT molecular complexity index is 934.